The number of aryl methyl sites for hydroxylation is 1. The summed E-state index contributed by atoms with van der Waals surface area (Å²) in [5.41, 5.74) is 0.884. The van der Waals surface area contributed by atoms with Crippen molar-refractivity contribution in [3.63, 3.8) is 0 Å². The van der Waals surface area contributed by atoms with Crippen LogP contribution >= 0.6 is 11.3 Å². The first-order valence-electron chi connectivity index (χ1n) is 5.80. The normalized spacial score (nSPS) is 25.2. The van der Waals surface area contributed by atoms with Gasteiger partial charge in [-0.2, -0.15) is 0 Å². The Morgan fingerprint density at radius 1 is 1.67 bits per heavy atom. The predicted octanol–water partition coefficient (Wildman–Crippen LogP) is 2.18. The fraction of sp³-hybridized carbons (Fsp3) is 0.583. The van der Waals surface area contributed by atoms with Gasteiger partial charge in [0, 0.05) is 22.3 Å². The summed E-state index contributed by atoms with van der Waals surface area (Å²) in [5.74, 6) is -0.494. The maximum atomic E-state index is 12.2. The Bertz CT molecular complexity index is 480. The summed E-state index contributed by atoms with van der Waals surface area (Å²) in [6.07, 6.45) is 0.853. The number of aromatic carboxylic acids is 1. The molecule has 6 heteroatoms. The summed E-state index contributed by atoms with van der Waals surface area (Å²) in [5, 5.41) is 8.99. The molecule has 1 aromatic heterocycles. The van der Waals surface area contributed by atoms with Gasteiger partial charge in [0.15, 0.2) is 0 Å². The van der Waals surface area contributed by atoms with E-state index in [1.165, 1.54) is 11.3 Å². The Kier molecular flexibility index (Phi) is 4.19. The maximum absolute atomic E-state index is 12.2. The standard InChI is InChI=1S/C12H16O4S2/c1-7-11(3-4-16-7)18(15)6-9-5-10(12(13)14)17-8(9)2/h5,7,11H,3-4,6H2,1-2H3,(H,13,14). The van der Waals surface area contributed by atoms with Gasteiger partial charge in [-0.05, 0) is 31.9 Å². The molecule has 1 N–H and O–H groups in total. The summed E-state index contributed by atoms with van der Waals surface area (Å²) >= 11 is 1.24. The van der Waals surface area contributed by atoms with Gasteiger partial charge in [0.05, 0.1) is 17.1 Å². The van der Waals surface area contributed by atoms with Gasteiger partial charge in [0.2, 0.25) is 0 Å². The minimum atomic E-state index is -0.998. The van der Waals surface area contributed by atoms with Gasteiger partial charge in [-0.25, -0.2) is 4.79 Å². The van der Waals surface area contributed by atoms with Gasteiger partial charge in [0.25, 0.3) is 0 Å². The van der Waals surface area contributed by atoms with E-state index >= 15 is 0 Å². The van der Waals surface area contributed by atoms with E-state index in [9.17, 15) is 9.00 Å². The largest absolute Gasteiger partial charge is 0.477 e. The number of hydrogen-bond acceptors (Lipinski definition) is 4. The fourth-order valence-corrected chi connectivity index (χ4v) is 4.74. The zero-order valence-electron chi connectivity index (χ0n) is 10.3. The molecule has 0 amide bonds. The maximum Gasteiger partial charge on any atom is 0.345 e. The smallest absolute Gasteiger partial charge is 0.345 e. The summed E-state index contributed by atoms with van der Waals surface area (Å²) in [7, 11) is -0.998. The molecule has 2 rings (SSSR count). The van der Waals surface area contributed by atoms with E-state index in [0.717, 1.165) is 16.9 Å². The molecule has 4 nitrogen and oxygen atoms in total. The molecule has 1 aliphatic heterocycles. The number of rotatable bonds is 4. The molecule has 2 heterocycles. The highest BCUT2D eigenvalue weighted by Gasteiger charge is 2.30. The molecule has 100 valence electrons. The van der Waals surface area contributed by atoms with Crippen LogP contribution in [0.3, 0.4) is 0 Å². The summed E-state index contributed by atoms with van der Waals surface area (Å²) in [4.78, 5) is 12.1. The van der Waals surface area contributed by atoms with E-state index in [-0.39, 0.29) is 11.4 Å². The van der Waals surface area contributed by atoms with Gasteiger partial charge in [0.1, 0.15) is 4.88 Å². The van der Waals surface area contributed by atoms with E-state index in [1.807, 2.05) is 13.8 Å². The van der Waals surface area contributed by atoms with E-state index in [0.29, 0.717) is 17.2 Å². The number of hydrogen-bond donors (Lipinski definition) is 1. The Balaban J connectivity index is 2.09. The summed E-state index contributed by atoms with van der Waals surface area (Å²) in [6, 6.07) is 1.64. The van der Waals surface area contributed by atoms with Crippen LogP contribution < -0.4 is 0 Å². The highest BCUT2D eigenvalue weighted by atomic mass is 32.2. The second-order valence-electron chi connectivity index (χ2n) is 4.43. The fourth-order valence-electron chi connectivity index (χ4n) is 2.09. The second kappa shape index (κ2) is 5.50. The molecule has 1 fully saturated rings. The first-order chi connectivity index (χ1) is 8.49. The molecular weight excluding hydrogens is 272 g/mol. The molecule has 0 aromatic carbocycles. The molecule has 0 spiro atoms. The lowest BCUT2D eigenvalue weighted by Gasteiger charge is -2.13. The van der Waals surface area contributed by atoms with E-state index < -0.39 is 16.8 Å². The molecule has 1 saturated heterocycles. The third-order valence-corrected chi connectivity index (χ3v) is 6.14. The topological polar surface area (TPSA) is 63.6 Å². The van der Waals surface area contributed by atoms with Crippen molar-refractivity contribution in [1.82, 2.24) is 0 Å². The first-order valence-corrected chi connectivity index (χ1v) is 8.00. The van der Waals surface area contributed by atoms with Crippen molar-refractivity contribution >= 4 is 28.1 Å². The van der Waals surface area contributed by atoms with Gasteiger partial charge < -0.3 is 9.84 Å². The van der Waals surface area contributed by atoms with Crippen LogP contribution in [0.1, 0.15) is 33.5 Å². The molecule has 1 aromatic rings. The van der Waals surface area contributed by atoms with Crippen LogP contribution in [-0.2, 0) is 21.3 Å². The molecule has 18 heavy (non-hydrogen) atoms. The number of thiophene rings is 1. The average Bonchev–Trinajstić information content (AvgIpc) is 2.86. The van der Waals surface area contributed by atoms with Crippen LogP contribution in [0.2, 0.25) is 0 Å². The molecule has 0 bridgehead atoms. The Labute approximate surface area is 112 Å². The molecule has 1 aliphatic rings. The highest BCUT2D eigenvalue weighted by molar-refractivity contribution is 7.84. The third kappa shape index (κ3) is 2.81. The van der Waals surface area contributed by atoms with Gasteiger partial charge in [-0.3, -0.25) is 4.21 Å². The van der Waals surface area contributed by atoms with Gasteiger partial charge >= 0.3 is 5.97 Å². The summed E-state index contributed by atoms with van der Waals surface area (Å²) in [6.45, 7) is 4.48. The molecule has 3 unspecified atom stereocenters. The number of carboxylic acids is 1. The molecule has 0 saturated carbocycles. The zero-order chi connectivity index (χ0) is 13.3. The number of carboxylic acid groups (broad SMARTS) is 1. The van der Waals surface area contributed by atoms with Crippen LogP contribution in [0.25, 0.3) is 0 Å². The lowest BCUT2D eigenvalue weighted by molar-refractivity contribution is 0.0702. The molecule has 3 atom stereocenters. The third-order valence-electron chi connectivity index (χ3n) is 3.17. The highest BCUT2D eigenvalue weighted by Crippen LogP contribution is 2.26. The van der Waals surface area contributed by atoms with Crippen molar-refractivity contribution in [3.05, 3.63) is 21.4 Å². The second-order valence-corrected chi connectivity index (χ2v) is 7.34. The Morgan fingerprint density at radius 2 is 2.39 bits per heavy atom. The quantitative estimate of drug-likeness (QED) is 0.922. The van der Waals surface area contributed by atoms with Crippen molar-refractivity contribution < 1.29 is 18.8 Å². The monoisotopic (exact) mass is 288 g/mol. The van der Waals surface area contributed by atoms with E-state index in [1.54, 1.807) is 6.07 Å². The molecule has 0 radical (unpaired) electrons. The van der Waals surface area contributed by atoms with Crippen LogP contribution in [0.15, 0.2) is 6.07 Å². The van der Waals surface area contributed by atoms with Crippen molar-refractivity contribution in [1.29, 1.82) is 0 Å². The van der Waals surface area contributed by atoms with Crippen LogP contribution in [0, 0.1) is 6.92 Å². The first kappa shape index (κ1) is 13.7. The number of carbonyl (C=O) groups is 1. The zero-order valence-corrected chi connectivity index (χ0v) is 12.0. The van der Waals surface area contributed by atoms with Gasteiger partial charge in [-0.1, -0.05) is 0 Å². The minimum absolute atomic E-state index is 0.0312. The van der Waals surface area contributed by atoms with Crippen molar-refractivity contribution in [2.24, 2.45) is 0 Å². The lowest BCUT2D eigenvalue weighted by atomic mass is 10.2. The van der Waals surface area contributed by atoms with Crippen molar-refractivity contribution in [2.75, 3.05) is 6.61 Å². The van der Waals surface area contributed by atoms with Crippen LogP contribution in [0.5, 0.6) is 0 Å². The Hall–Kier alpha value is -0.720. The van der Waals surface area contributed by atoms with Crippen molar-refractivity contribution in [3.8, 4) is 0 Å². The number of ether oxygens (including phenoxy) is 1. The predicted molar refractivity (Wildman–Crippen MR) is 71.7 cm³/mol. The van der Waals surface area contributed by atoms with Gasteiger partial charge in [-0.15, -0.1) is 11.3 Å². The average molecular weight is 288 g/mol. The SMILES string of the molecule is Cc1sc(C(=O)O)cc1CS(=O)C1CCOC1C. The van der Waals surface area contributed by atoms with Crippen LogP contribution in [-0.4, -0.2) is 33.2 Å². The Morgan fingerprint density at radius 3 is 2.89 bits per heavy atom. The van der Waals surface area contributed by atoms with E-state index in [2.05, 4.69) is 0 Å². The minimum Gasteiger partial charge on any atom is -0.477 e. The summed E-state index contributed by atoms with van der Waals surface area (Å²) < 4.78 is 17.7. The van der Waals surface area contributed by atoms with Crippen molar-refractivity contribution in [2.45, 2.75) is 37.4 Å². The van der Waals surface area contributed by atoms with E-state index in [4.69, 9.17) is 9.84 Å². The molecular formula is C12H16O4S2. The van der Waals surface area contributed by atoms with Crippen LogP contribution in [0.4, 0.5) is 0 Å². The molecule has 0 aliphatic carbocycles. The lowest BCUT2D eigenvalue weighted by Crippen LogP contribution is -2.24.